The monoisotopic (exact) mass is 373 g/mol. The van der Waals surface area contributed by atoms with E-state index in [4.69, 9.17) is 4.74 Å². The lowest BCUT2D eigenvalue weighted by Crippen LogP contribution is -2.49. The van der Waals surface area contributed by atoms with Crippen molar-refractivity contribution in [1.82, 2.24) is 15.1 Å². The van der Waals surface area contributed by atoms with Gasteiger partial charge in [0, 0.05) is 32.1 Å². The molecule has 6 nitrogen and oxygen atoms in total. The highest BCUT2D eigenvalue weighted by atomic mass is 16.5. The van der Waals surface area contributed by atoms with Crippen molar-refractivity contribution in [3.8, 4) is 0 Å². The molecule has 0 spiro atoms. The van der Waals surface area contributed by atoms with Crippen LogP contribution in [0.2, 0.25) is 0 Å². The molecule has 3 rings (SSSR count). The molecule has 2 heterocycles. The van der Waals surface area contributed by atoms with E-state index in [9.17, 15) is 9.59 Å². The first-order valence-corrected chi connectivity index (χ1v) is 10.1. The van der Waals surface area contributed by atoms with E-state index in [-0.39, 0.29) is 23.9 Å². The van der Waals surface area contributed by atoms with E-state index in [0.29, 0.717) is 39.4 Å². The summed E-state index contributed by atoms with van der Waals surface area (Å²) in [6.07, 6.45) is 2.49. The lowest BCUT2D eigenvalue weighted by Gasteiger charge is -2.35. The predicted molar refractivity (Wildman–Crippen MR) is 104 cm³/mol. The van der Waals surface area contributed by atoms with Gasteiger partial charge in [-0.25, -0.2) is 4.79 Å². The lowest BCUT2D eigenvalue weighted by molar-refractivity contribution is -0.141. The first-order valence-electron chi connectivity index (χ1n) is 10.1. The molecule has 2 aliphatic heterocycles. The number of hydrogen-bond acceptors (Lipinski definition) is 3. The van der Waals surface area contributed by atoms with E-state index in [1.54, 1.807) is 0 Å². The fraction of sp³-hybridized carbons (Fsp3) is 0.619. The molecule has 1 atom stereocenters. The van der Waals surface area contributed by atoms with Crippen LogP contribution < -0.4 is 5.32 Å². The van der Waals surface area contributed by atoms with Gasteiger partial charge < -0.3 is 19.9 Å². The quantitative estimate of drug-likeness (QED) is 0.882. The van der Waals surface area contributed by atoms with E-state index >= 15 is 0 Å². The molecule has 27 heavy (non-hydrogen) atoms. The highest BCUT2D eigenvalue weighted by molar-refractivity contribution is 5.80. The van der Waals surface area contributed by atoms with Gasteiger partial charge in [0.15, 0.2) is 0 Å². The number of nitrogens with zero attached hydrogens (tertiary/aromatic N) is 2. The van der Waals surface area contributed by atoms with Crippen LogP contribution in [0.15, 0.2) is 24.3 Å². The molecule has 2 fully saturated rings. The number of ether oxygens (including phenoxy) is 1. The Hall–Kier alpha value is -2.08. The highest BCUT2D eigenvalue weighted by Gasteiger charge is 2.31. The van der Waals surface area contributed by atoms with Crippen LogP contribution >= 0.6 is 0 Å². The maximum absolute atomic E-state index is 12.6. The van der Waals surface area contributed by atoms with E-state index < -0.39 is 0 Å². The zero-order valence-corrected chi connectivity index (χ0v) is 16.4. The molecule has 1 unspecified atom stereocenters. The molecule has 1 aromatic carbocycles. The zero-order valence-electron chi connectivity index (χ0n) is 16.4. The summed E-state index contributed by atoms with van der Waals surface area (Å²) in [4.78, 5) is 28.9. The van der Waals surface area contributed by atoms with Crippen LogP contribution in [-0.4, -0.2) is 61.1 Å². The first kappa shape index (κ1) is 19.7. The third-order valence-corrected chi connectivity index (χ3v) is 5.68. The third kappa shape index (κ3) is 5.01. The van der Waals surface area contributed by atoms with Crippen LogP contribution in [0.1, 0.15) is 43.9 Å². The fourth-order valence-electron chi connectivity index (χ4n) is 3.77. The van der Waals surface area contributed by atoms with Gasteiger partial charge >= 0.3 is 6.03 Å². The topological polar surface area (TPSA) is 61.9 Å². The van der Waals surface area contributed by atoms with E-state index in [1.807, 2.05) is 16.7 Å². The number of amides is 3. The molecule has 2 saturated heterocycles. The van der Waals surface area contributed by atoms with Crippen molar-refractivity contribution >= 4 is 11.9 Å². The van der Waals surface area contributed by atoms with Crippen LogP contribution in [0.4, 0.5) is 4.79 Å². The number of carbonyl (C=O) groups excluding carboxylic acids is 2. The minimum absolute atomic E-state index is 0.0314. The summed E-state index contributed by atoms with van der Waals surface area (Å²) < 4.78 is 5.32. The molecule has 0 saturated carbocycles. The summed E-state index contributed by atoms with van der Waals surface area (Å²) in [7, 11) is 0. The van der Waals surface area contributed by atoms with Crippen molar-refractivity contribution in [3.63, 3.8) is 0 Å². The summed E-state index contributed by atoms with van der Waals surface area (Å²) in [6, 6.07) is 8.31. The summed E-state index contributed by atoms with van der Waals surface area (Å²) in [5.41, 5.74) is 2.40. The molecular formula is C21H31N3O3. The smallest absolute Gasteiger partial charge is 0.317 e. The summed E-state index contributed by atoms with van der Waals surface area (Å²) in [5, 5.41) is 3.09. The Morgan fingerprint density at radius 2 is 1.70 bits per heavy atom. The SMILES string of the molecule is CCc1ccc(C(C)NC(=O)N2CCC(C(=O)N3CCOCC3)CC2)cc1. The number of hydrogen-bond donors (Lipinski definition) is 1. The second-order valence-corrected chi connectivity index (χ2v) is 7.47. The lowest BCUT2D eigenvalue weighted by atomic mass is 9.95. The average molecular weight is 373 g/mol. The number of benzene rings is 1. The molecule has 0 bridgehead atoms. The number of aryl methyl sites for hydroxylation is 1. The van der Waals surface area contributed by atoms with Crippen molar-refractivity contribution in [2.24, 2.45) is 5.92 Å². The van der Waals surface area contributed by atoms with Gasteiger partial charge in [0.05, 0.1) is 19.3 Å². The summed E-state index contributed by atoms with van der Waals surface area (Å²) >= 11 is 0. The van der Waals surface area contributed by atoms with Gasteiger partial charge in [0.25, 0.3) is 0 Å². The number of urea groups is 1. The number of carbonyl (C=O) groups is 2. The van der Waals surface area contributed by atoms with Crippen LogP contribution in [0.5, 0.6) is 0 Å². The summed E-state index contributed by atoms with van der Waals surface area (Å²) in [5.74, 6) is 0.258. The largest absolute Gasteiger partial charge is 0.378 e. The Morgan fingerprint density at radius 1 is 1.07 bits per heavy atom. The molecule has 0 aromatic heterocycles. The van der Waals surface area contributed by atoms with E-state index in [2.05, 4.69) is 36.5 Å². The van der Waals surface area contributed by atoms with Crippen LogP contribution in [0.3, 0.4) is 0 Å². The van der Waals surface area contributed by atoms with E-state index in [0.717, 1.165) is 24.8 Å². The van der Waals surface area contributed by atoms with Gasteiger partial charge in [-0.15, -0.1) is 0 Å². The molecule has 1 N–H and O–H groups in total. The third-order valence-electron chi connectivity index (χ3n) is 5.68. The number of likely N-dealkylation sites (tertiary alicyclic amines) is 1. The number of nitrogens with one attached hydrogen (secondary N) is 1. The maximum atomic E-state index is 12.6. The predicted octanol–water partition coefficient (Wildman–Crippen LogP) is 2.59. The fourth-order valence-corrected chi connectivity index (χ4v) is 3.77. The molecule has 2 aliphatic rings. The van der Waals surface area contributed by atoms with Crippen molar-refractivity contribution < 1.29 is 14.3 Å². The van der Waals surface area contributed by atoms with Crippen molar-refractivity contribution in [2.45, 2.75) is 39.2 Å². The van der Waals surface area contributed by atoms with E-state index in [1.165, 1.54) is 5.56 Å². The van der Waals surface area contributed by atoms with Gasteiger partial charge in [0.1, 0.15) is 0 Å². The minimum atomic E-state index is -0.0423. The average Bonchev–Trinajstić information content (AvgIpc) is 2.74. The Morgan fingerprint density at radius 3 is 2.30 bits per heavy atom. The molecule has 0 aliphatic carbocycles. The van der Waals surface area contributed by atoms with Gasteiger partial charge in [-0.1, -0.05) is 31.2 Å². The second-order valence-electron chi connectivity index (χ2n) is 7.47. The van der Waals surface area contributed by atoms with Gasteiger partial charge in [-0.05, 0) is 37.3 Å². The number of morpholine rings is 1. The van der Waals surface area contributed by atoms with Gasteiger partial charge in [0.2, 0.25) is 5.91 Å². The Labute approximate surface area is 161 Å². The van der Waals surface area contributed by atoms with Crippen molar-refractivity contribution in [3.05, 3.63) is 35.4 Å². The minimum Gasteiger partial charge on any atom is -0.378 e. The number of piperidine rings is 1. The molecule has 0 radical (unpaired) electrons. The van der Waals surface area contributed by atoms with Crippen LogP contribution in [0.25, 0.3) is 0 Å². The molecular weight excluding hydrogens is 342 g/mol. The summed E-state index contributed by atoms with van der Waals surface area (Å²) in [6.45, 7) is 8.04. The van der Waals surface area contributed by atoms with Crippen LogP contribution in [0, 0.1) is 5.92 Å². The standard InChI is InChI=1S/C21H31N3O3/c1-3-17-4-6-18(7-5-17)16(2)22-21(26)24-10-8-19(9-11-24)20(25)23-12-14-27-15-13-23/h4-7,16,19H,3,8-15H2,1-2H3,(H,22,26). The van der Waals surface area contributed by atoms with Gasteiger partial charge in [-0.2, -0.15) is 0 Å². The zero-order chi connectivity index (χ0) is 19.2. The maximum Gasteiger partial charge on any atom is 0.317 e. The normalized spacial score (nSPS) is 19.6. The first-order chi connectivity index (χ1) is 13.1. The van der Waals surface area contributed by atoms with Crippen LogP contribution in [-0.2, 0) is 16.0 Å². The van der Waals surface area contributed by atoms with Crippen molar-refractivity contribution in [2.75, 3.05) is 39.4 Å². The Balaban J connectivity index is 1.46. The molecule has 1 aromatic rings. The molecule has 6 heteroatoms. The molecule has 3 amide bonds. The highest BCUT2D eigenvalue weighted by Crippen LogP contribution is 2.21. The van der Waals surface area contributed by atoms with Crippen molar-refractivity contribution in [1.29, 1.82) is 0 Å². The molecule has 148 valence electrons. The Bertz CT molecular complexity index is 633. The number of rotatable bonds is 4. The second kappa shape index (κ2) is 9.22. The Kier molecular flexibility index (Phi) is 6.72. The van der Waals surface area contributed by atoms with Gasteiger partial charge in [-0.3, -0.25) is 4.79 Å².